The summed E-state index contributed by atoms with van der Waals surface area (Å²) in [6, 6.07) is 0. The fraction of sp³-hybridized carbons (Fsp3) is 0.889. The van der Waals surface area contributed by atoms with Gasteiger partial charge in [-0.1, -0.05) is 0 Å². The van der Waals surface area contributed by atoms with Gasteiger partial charge < -0.3 is 10.2 Å². The van der Waals surface area contributed by atoms with Crippen molar-refractivity contribution in [3.8, 4) is 0 Å². The van der Waals surface area contributed by atoms with E-state index in [4.69, 9.17) is 0 Å². The molecule has 1 rings (SSSR count). The van der Waals surface area contributed by atoms with Crippen LogP contribution in [0.5, 0.6) is 0 Å². The van der Waals surface area contributed by atoms with Gasteiger partial charge in [-0.3, -0.25) is 4.79 Å². The van der Waals surface area contributed by atoms with Gasteiger partial charge in [0.15, 0.2) is 0 Å². The molecule has 1 heterocycles. The Morgan fingerprint density at radius 1 is 1.64 bits per heavy atom. The highest BCUT2D eigenvalue weighted by atomic mass is 19.3. The SMILES string of the molecule is CN(CC(F)F)C(=O)CC1CCNC1. The molecule has 0 aromatic carbocycles. The summed E-state index contributed by atoms with van der Waals surface area (Å²) in [5.74, 6) is 0.140. The Balaban J connectivity index is 2.25. The zero-order chi connectivity index (χ0) is 10.6. The molecule has 14 heavy (non-hydrogen) atoms. The number of carbonyl (C=O) groups is 1. The van der Waals surface area contributed by atoms with Crippen molar-refractivity contribution in [3.63, 3.8) is 0 Å². The van der Waals surface area contributed by atoms with Gasteiger partial charge >= 0.3 is 0 Å². The number of alkyl halides is 2. The fourth-order valence-corrected chi connectivity index (χ4v) is 1.60. The maximum Gasteiger partial charge on any atom is 0.255 e. The lowest BCUT2D eigenvalue weighted by molar-refractivity contribution is -0.132. The molecule has 1 aliphatic rings. The molecule has 5 heteroatoms. The summed E-state index contributed by atoms with van der Waals surface area (Å²) in [6.07, 6.45) is -1.09. The molecule has 0 aromatic rings. The summed E-state index contributed by atoms with van der Waals surface area (Å²) in [5.41, 5.74) is 0. The summed E-state index contributed by atoms with van der Waals surface area (Å²) < 4.78 is 23.9. The first-order valence-corrected chi connectivity index (χ1v) is 4.82. The van der Waals surface area contributed by atoms with Crippen LogP contribution in [0.1, 0.15) is 12.8 Å². The molecular formula is C9H16F2N2O. The normalized spacial score (nSPS) is 21.6. The molecule has 1 unspecified atom stereocenters. The summed E-state index contributed by atoms with van der Waals surface area (Å²) in [7, 11) is 1.43. The van der Waals surface area contributed by atoms with E-state index in [-0.39, 0.29) is 5.91 Å². The van der Waals surface area contributed by atoms with Crippen molar-refractivity contribution < 1.29 is 13.6 Å². The van der Waals surface area contributed by atoms with Crippen molar-refractivity contribution in [1.82, 2.24) is 10.2 Å². The smallest absolute Gasteiger partial charge is 0.255 e. The zero-order valence-electron chi connectivity index (χ0n) is 8.30. The molecule has 0 aromatic heterocycles. The molecule has 0 aliphatic carbocycles. The van der Waals surface area contributed by atoms with Gasteiger partial charge in [0.05, 0.1) is 6.54 Å². The minimum Gasteiger partial charge on any atom is -0.340 e. The van der Waals surface area contributed by atoms with E-state index in [0.717, 1.165) is 24.4 Å². The Labute approximate surface area is 82.5 Å². The Kier molecular flexibility index (Phi) is 4.25. The van der Waals surface area contributed by atoms with E-state index in [1.165, 1.54) is 7.05 Å². The van der Waals surface area contributed by atoms with Crippen LogP contribution in [0.25, 0.3) is 0 Å². The van der Waals surface area contributed by atoms with E-state index in [9.17, 15) is 13.6 Å². The lowest BCUT2D eigenvalue weighted by atomic mass is 10.0. The topological polar surface area (TPSA) is 32.3 Å². The predicted octanol–water partition coefficient (Wildman–Crippen LogP) is 0.709. The van der Waals surface area contributed by atoms with Gasteiger partial charge in [0, 0.05) is 13.5 Å². The van der Waals surface area contributed by atoms with Gasteiger partial charge in [-0.05, 0) is 25.4 Å². The molecule has 1 N–H and O–H groups in total. The Bertz CT molecular complexity index is 193. The predicted molar refractivity (Wildman–Crippen MR) is 49.2 cm³/mol. The number of hydrogen-bond donors (Lipinski definition) is 1. The molecular weight excluding hydrogens is 190 g/mol. The Hall–Kier alpha value is -0.710. The standard InChI is InChI=1S/C9H16F2N2O/c1-13(6-8(10)11)9(14)4-7-2-3-12-5-7/h7-8,12H,2-6H2,1H3. The van der Waals surface area contributed by atoms with E-state index in [0.29, 0.717) is 12.3 Å². The molecule has 1 atom stereocenters. The average molecular weight is 206 g/mol. The second-order valence-electron chi connectivity index (χ2n) is 3.73. The van der Waals surface area contributed by atoms with Crippen molar-refractivity contribution in [2.45, 2.75) is 19.3 Å². The van der Waals surface area contributed by atoms with E-state index in [1.807, 2.05) is 0 Å². The molecule has 82 valence electrons. The first-order chi connectivity index (χ1) is 6.59. The van der Waals surface area contributed by atoms with Crippen LogP contribution in [-0.4, -0.2) is 43.9 Å². The molecule has 0 radical (unpaired) electrons. The quantitative estimate of drug-likeness (QED) is 0.734. The maximum atomic E-state index is 12.0. The van der Waals surface area contributed by atoms with Gasteiger partial charge in [0.1, 0.15) is 0 Å². The first-order valence-electron chi connectivity index (χ1n) is 4.82. The molecule has 1 saturated heterocycles. The van der Waals surface area contributed by atoms with Gasteiger partial charge in [-0.25, -0.2) is 8.78 Å². The average Bonchev–Trinajstić information content (AvgIpc) is 2.55. The summed E-state index contributed by atoms with van der Waals surface area (Å²) in [5, 5.41) is 3.14. The number of rotatable bonds is 4. The molecule has 3 nitrogen and oxygen atoms in total. The number of halogens is 2. The first kappa shape index (κ1) is 11.4. The number of nitrogens with one attached hydrogen (secondary N) is 1. The third-order valence-electron chi connectivity index (χ3n) is 2.46. The minimum absolute atomic E-state index is 0.181. The van der Waals surface area contributed by atoms with Crippen LogP contribution < -0.4 is 5.32 Å². The summed E-state index contributed by atoms with van der Waals surface area (Å²) in [6.45, 7) is 1.30. The lowest BCUT2D eigenvalue weighted by Gasteiger charge is -2.18. The van der Waals surface area contributed by atoms with Crippen LogP contribution in [0.4, 0.5) is 8.78 Å². The molecule has 0 spiro atoms. The van der Waals surface area contributed by atoms with Crippen LogP contribution >= 0.6 is 0 Å². The highest BCUT2D eigenvalue weighted by Gasteiger charge is 2.21. The van der Waals surface area contributed by atoms with Crippen molar-refractivity contribution in [3.05, 3.63) is 0 Å². The fourth-order valence-electron chi connectivity index (χ4n) is 1.60. The van der Waals surface area contributed by atoms with E-state index < -0.39 is 13.0 Å². The van der Waals surface area contributed by atoms with Gasteiger partial charge in [0.2, 0.25) is 5.91 Å². The van der Waals surface area contributed by atoms with E-state index >= 15 is 0 Å². The number of carbonyl (C=O) groups excluding carboxylic acids is 1. The van der Waals surface area contributed by atoms with Crippen molar-refractivity contribution in [2.24, 2.45) is 5.92 Å². The van der Waals surface area contributed by atoms with E-state index in [2.05, 4.69) is 5.32 Å². The van der Waals surface area contributed by atoms with Gasteiger partial charge in [0.25, 0.3) is 6.43 Å². The van der Waals surface area contributed by atoms with E-state index in [1.54, 1.807) is 0 Å². The van der Waals surface area contributed by atoms with Crippen LogP contribution in [0.15, 0.2) is 0 Å². The number of amides is 1. The van der Waals surface area contributed by atoms with Crippen LogP contribution in [0, 0.1) is 5.92 Å². The zero-order valence-corrected chi connectivity index (χ0v) is 8.30. The molecule has 1 aliphatic heterocycles. The van der Waals surface area contributed by atoms with Crippen LogP contribution in [-0.2, 0) is 4.79 Å². The van der Waals surface area contributed by atoms with Gasteiger partial charge in [-0.15, -0.1) is 0 Å². The summed E-state index contributed by atoms with van der Waals surface area (Å²) >= 11 is 0. The second-order valence-corrected chi connectivity index (χ2v) is 3.73. The highest BCUT2D eigenvalue weighted by molar-refractivity contribution is 5.76. The van der Waals surface area contributed by atoms with Crippen molar-refractivity contribution in [1.29, 1.82) is 0 Å². The molecule has 0 saturated carbocycles. The molecule has 1 fully saturated rings. The number of hydrogen-bond acceptors (Lipinski definition) is 2. The highest BCUT2D eigenvalue weighted by Crippen LogP contribution is 2.13. The molecule has 0 bridgehead atoms. The van der Waals surface area contributed by atoms with Gasteiger partial charge in [-0.2, -0.15) is 0 Å². The monoisotopic (exact) mass is 206 g/mol. The molecule has 1 amide bonds. The minimum atomic E-state index is -2.44. The van der Waals surface area contributed by atoms with Crippen molar-refractivity contribution in [2.75, 3.05) is 26.7 Å². The largest absolute Gasteiger partial charge is 0.340 e. The third kappa shape index (κ3) is 3.57. The second kappa shape index (κ2) is 5.24. The lowest BCUT2D eigenvalue weighted by Crippen LogP contribution is -2.32. The van der Waals surface area contributed by atoms with Crippen LogP contribution in [0.2, 0.25) is 0 Å². The maximum absolute atomic E-state index is 12.0. The number of nitrogens with zero attached hydrogens (tertiary/aromatic N) is 1. The Morgan fingerprint density at radius 3 is 2.86 bits per heavy atom. The van der Waals surface area contributed by atoms with Crippen molar-refractivity contribution >= 4 is 5.91 Å². The Morgan fingerprint density at radius 2 is 2.36 bits per heavy atom. The third-order valence-corrected chi connectivity index (χ3v) is 2.46. The summed E-state index contributed by atoms with van der Waals surface area (Å²) in [4.78, 5) is 12.5. The van der Waals surface area contributed by atoms with Crippen LogP contribution in [0.3, 0.4) is 0 Å².